The van der Waals surface area contributed by atoms with E-state index in [-0.39, 0.29) is 22.6 Å². The average Bonchev–Trinajstić information content (AvgIpc) is 2.88. The molecule has 1 aromatic rings. The number of sulfonamides is 1. The minimum Gasteiger partial charge on any atom is -0.453 e. The summed E-state index contributed by atoms with van der Waals surface area (Å²) in [6.07, 6.45) is 1.37. The maximum atomic E-state index is 12.4. The molecule has 1 atom stereocenters. The summed E-state index contributed by atoms with van der Waals surface area (Å²) in [5.41, 5.74) is 0. The second kappa shape index (κ2) is 5.94. The van der Waals surface area contributed by atoms with E-state index in [4.69, 9.17) is 11.6 Å². The molecule has 0 spiro atoms. The SMILES string of the molecule is COC(=O)NC1CCN(S(=O)(=O)c2cccnc2Cl)C1. The maximum Gasteiger partial charge on any atom is 0.407 e. The molecule has 1 N–H and O–H groups in total. The van der Waals surface area contributed by atoms with Crippen LogP contribution in [0.5, 0.6) is 0 Å². The van der Waals surface area contributed by atoms with Crippen molar-refractivity contribution in [2.24, 2.45) is 0 Å². The fourth-order valence-corrected chi connectivity index (χ4v) is 3.92. The van der Waals surface area contributed by atoms with Gasteiger partial charge in [0.25, 0.3) is 0 Å². The Morgan fingerprint density at radius 3 is 3.00 bits per heavy atom. The van der Waals surface area contributed by atoms with E-state index >= 15 is 0 Å². The van der Waals surface area contributed by atoms with E-state index in [1.54, 1.807) is 0 Å². The van der Waals surface area contributed by atoms with Crippen LogP contribution in [0.25, 0.3) is 0 Å². The van der Waals surface area contributed by atoms with Crippen LogP contribution >= 0.6 is 11.6 Å². The highest BCUT2D eigenvalue weighted by Gasteiger charge is 2.34. The molecule has 1 amide bonds. The van der Waals surface area contributed by atoms with E-state index in [9.17, 15) is 13.2 Å². The van der Waals surface area contributed by atoms with Crippen LogP contribution in [0.3, 0.4) is 0 Å². The lowest BCUT2D eigenvalue weighted by atomic mass is 10.3. The van der Waals surface area contributed by atoms with Crippen LogP contribution in [0.4, 0.5) is 4.79 Å². The lowest BCUT2D eigenvalue weighted by molar-refractivity contribution is 0.167. The molecule has 1 aromatic heterocycles. The molecule has 1 fully saturated rings. The third-order valence-electron chi connectivity index (χ3n) is 3.00. The number of pyridine rings is 1. The van der Waals surface area contributed by atoms with Gasteiger partial charge in [-0.2, -0.15) is 4.31 Å². The van der Waals surface area contributed by atoms with Gasteiger partial charge in [-0.3, -0.25) is 0 Å². The van der Waals surface area contributed by atoms with Gasteiger partial charge >= 0.3 is 6.09 Å². The number of aromatic nitrogens is 1. The quantitative estimate of drug-likeness (QED) is 0.835. The van der Waals surface area contributed by atoms with E-state index in [0.717, 1.165) is 0 Å². The number of carbonyl (C=O) groups is 1. The molecule has 2 heterocycles. The number of amides is 1. The van der Waals surface area contributed by atoms with Gasteiger partial charge in [-0.25, -0.2) is 18.2 Å². The van der Waals surface area contributed by atoms with E-state index in [0.29, 0.717) is 13.0 Å². The molecule has 1 unspecified atom stereocenters. The van der Waals surface area contributed by atoms with Crippen molar-refractivity contribution in [2.75, 3.05) is 20.2 Å². The largest absolute Gasteiger partial charge is 0.453 e. The highest BCUT2D eigenvalue weighted by atomic mass is 35.5. The van der Waals surface area contributed by atoms with Gasteiger partial charge in [0.1, 0.15) is 10.0 Å². The van der Waals surface area contributed by atoms with Gasteiger partial charge in [-0.1, -0.05) is 11.6 Å². The topological polar surface area (TPSA) is 88.6 Å². The molecule has 0 saturated carbocycles. The molecule has 2 rings (SSSR count). The molecule has 1 aliphatic rings. The first kappa shape index (κ1) is 15.0. The minimum atomic E-state index is -3.70. The maximum absolute atomic E-state index is 12.4. The van der Waals surface area contributed by atoms with Crippen molar-refractivity contribution in [1.82, 2.24) is 14.6 Å². The van der Waals surface area contributed by atoms with Gasteiger partial charge in [0.05, 0.1) is 7.11 Å². The van der Waals surface area contributed by atoms with Gasteiger partial charge in [-0.05, 0) is 18.6 Å². The smallest absolute Gasteiger partial charge is 0.407 e. The van der Waals surface area contributed by atoms with Gasteiger partial charge in [0, 0.05) is 25.3 Å². The van der Waals surface area contributed by atoms with Crippen molar-refractivity contribution in [3.8, 4) is 0 Å². The Labute approximate surface area is 121 Å². The fourth-order valence-electron chi connectivity index (χ4n) is 1.99. The first-order chi connectivity index (χ1) is 9.45. The number of rotatable bonds is 3. The number of ether oxygens (including phenoxy) is 1. The molecule has 110 valence electrons. The summed E-state index contributed by atoms with van der Waals surface area (Å²) in [4.78, 5) is 14.9. The van der Waals surface area contributed by atoms with Crippen molar-refractivity contribution in [1.29, 1.82) is 0 Å². The Kier molecular flexibility index (Phi) is 4.46. The van der Waals surface area contributed by atoms with Crippen molar-refractivity contribution >= 4 is 27.7 Å². The highest BCUT2D eigenvalue weighted by molar-refractivity contribution is 7.89. The third-order valence-corrected chi connectivity index (χ3v) is 5.31. The van der Waals surface area contributed by atoms with Gasteiger partial charge in [0.2, 0.25) is 10.0 Å². The van der Waals surface area contributed by atoms with Crippen LogP contribution in [0.2, 0.25) is 5.15 Å². The summed E-state index contributed by atoms with van der Waals surface area (Å²) in [6.45, 7) is 0.491. The molecule has 0 bridgehead atoms. The first-order valence-corrected chi connectivity index (χ1v) is 7.72. The molecular formula is C11H14ClN3O4S. The predicted molar refractivity (Wildman–Crippen MR) is 72.0 cm³/mol. The van der Waals surface area contributed by atoms with Crippen LogP contribution < -0.4 is 5.32 Å². The normalized spacial score (nSPS) is 19.8. The zero-order valence-electron chi connectivity index (χ0n) is 10.7. The number of hydrogen-bond acceptors (Lipinski definition) is 5. The summed E-state index contributed by atoms with van der Waals surface area (Å²) in [7, 11) is -2.44. The summed E-state index contributed by atoms with van der Waals surface area (Å²) in [6, 6.07) is 2.65. The van der Waals surface area contributed by atoms with Crippen LogP contribution in [0, 0.1) is 0 Å². The van der Waals surface area contributed by atoms with Crippen LogP contribution in [-0.4, -0.2) is 50.0 Å². The number of nitrogens with one attached hydrogen (secondary N) is 1. The summed E-state index contributed by atoms with van der Waals surface area (Å²) < 4.78 is 30.6. The van der Waals surface area contributed by atoms with E-state index in [2.05, 4.69) is 15.0 Å². The number of hydrogen-bond donors (Lipinski definition) is 1. The highest BCUT2D eigenvalue weighted by Crippen LogP contribution is 2.25. The molecule has 0 radical (unpaired) electrons. The standard InChI is InChI=1S/C11H14ClN3O4S/c1-19-11(16)14-8-4-6-15(7-8)20(17,18)9-3-2-5-13-10(9)12/h2-3,5,8H,4,6-7H2,1H3,(H,14,16). The lowest BCUT2D eigenvalue weighted by Crippen LogP contribution is -2.38. The van der Waals surface area contributed by atoms with Crippen LogP contribution in [0.15, 0.2) is 23.2 Å². The number of alkyl carbamates (subject to hydrolysis) is 1. The Morgan fingerprint density at radius 1 is 1.60 bits per heavy atom. The predicted octanol–water partition coefficient (Wildman–Crippen LogP) is 0.854. The van der Waals surface area contributed by atoms with E-state index in [1.807, 2.05) is 0 Å². The number of nitrogens with zero attached hydrogens (tertiary/aromatic N) is 2. The fraction of sp³-hybridized carbons (Fsp3) is 0.455. The zero-order valence-corrected chi connectivity index (χ0v) is 12.3. The summed E-state index contributed by atoms with van der Waals surface area (Å²) in [5.74, 6) is 0. The molecule has 0 aromatic carbocycles. The van der Waals surface area contributed by atoms with Crippen molar-refractivity contribution < 1.29 is 17.9 Å². The van der Waals surface area contributed by atoms with Gasteiger partial charge in [-0.15, -0.1) is 0 Å². The lowest BCUT2D eigenvalue weighted by Gasteiger charge is -2.17. The molecule has 7 nitrogen and oxygen atoms in total. The Bertz CT molecular complexity index is 607. The second-order valence-corrected chi connectivity index (χ2v) is 6.54. The molecule has 9 heteroatoms. The number of carbonyl (C=O) groups excluding carboxylic acids is 1. The van der Waals surface area contributed by atoms with Crippen molar-refractivity contribution in [2.45, 2.75) is 17.4 Å². The number of halogens is 1. The van der Waals surface area contributed by atoms with E-state index in [1.165, 1.54) is 29.7 Å². The molecule has 1 aliphatic heterocycles. The molecule has 20 heavy (non-hydrogen) atoms. The van der Waals surface area contributed by atoms with Crippen molar-refractivity contribution in [3.05, 3.63) is 23.5 Å². The van der Waals surface area contributed by atoms with Crippen LogP contribution in [-0.2, 0) is 14.8 Å². The Balaban J connectivity index is 2.13. The van der Waals surface area contributed by atoms with Gasteiger partial charge < -0.3 is 10.1 Å². The summed E-state index contributed by atoms with van der Waals surface area (Å²) in [5, 5.41) is 2.52. The monoisotopic (exact) mass is 319 g/mol. The van der Waals surface area contributed by atoms with E-state index < -0.39 is 16.1 Å². The number of methoxy groups -OCH3 is 1. The van der Waals surface area contributed by atoms with Crippen LogP contribution in [0.1, 0.15) is 6.42 Å². The summed E-state index contributed by atoms with van der Waals surface area (Å²) >= 11 is 5.82. The van der Waals surface area contributed by atoms with Crippen molar-refractivity contribution in [3.63, 3.8) is 0 Å². The zero-order chi connectivity index (χ0) is 14.8. The Hall–Kier alpha value is -1.38. The first-order valence-electron chi connectivity index (χ1n) is 5.90. The third kappa shape index (κ3) is 3.02. The Morgan fingerprint density at radius 2 is 2.35 bits per heavy atom. The molecule has 1 saturated heterocycles. The molecule has 0 aliphatic carbocycles. The minimum absolute atomic E-state index is 0.0274. The average molecular weight is 320 g/mol. The second-order valence-electron chi connectivity index (χ2n) is 4.28. The van der Waals surface area contributed by atoms with Gasteiger partial charge in [0.15, 0.2) is 0 Å². The molecular weight excluding hydrogens is 306 g/mol.